The number of imidazole rings is 2. The van der Waals surface area contributed by atoms with E-state index in [0.29, 0.717) is 0 Å². The molecule has 0 saturated heterocycles. The molecule has 4 aromatic heterocycles. The summed E-state index contributed by atoms with van der Waals surface area (Å²) in [5.41, 5.74) is 8.31. The van der Waals surface area contributed by atoms with Crippen molar-refractivity contribution in [3.05, 3.63) is 115 Å². The minimum atomic E-state index is 0.753. The molecule has 0 aliphatic rings. The van der Waals surface area contributed by atoms with Gasteiger partial charge in [-0.05, 0) is 53.6 Å². The molecule has 0 amide bonds. The number of rotatable bonds is 2. The van der Waals surface area contributed by atoms with Crippen molar-refractivity contribution in [1.29, 1.82) is 0 Å². The fourth-order valence-electron chi connectivity index (χ4n) is 5.82. The van der Waals surface area contributed by atoms with Crippen LogP contribution in [0.2, 0.25) is 0 Å². The molecule has 0 fully saturated rings. The van der Waals surface area contributed by atoms with E-state index in [0.717, 1.165) is 44.7 Å². The number of benzene rings is 5. The Morgan fingerprint density at radius 3 is 2.33 bits per heavy atom. The molecule has 0 spiro atoms. The predicted octanol–water partition coefficient (Wildman–Crippen LogP) is 8.41. The van der Waals surface area contributed by atoms with Crippen LogP contribution in [0.15, 0.2) is 115 Å². The second-order valence-electron chi connectivity index (χ2n) is 9.77. The van der Waals surface area contributed by atoms with Gasteiger partial charge in [-0.1, -0.05) is 66.7 Å². The molecule has 6 heteroatoms. The van der Waals surface area contributed by atoms with Crippen LogP contribution in [0, 0.1) is 0 Å². The van der Waals surface area contributed by atoms with E-state index in [2.05, 4.69) is 87.8 Å². The first-order valence-electron chi connectivity index (χ1n) is 12.9. The Labute approximate surface area is 226 Å². The summed E-state index contributed by atoms with van der Waals surface area (Å²) in [4.78, 5) is 14.7. The standard InChI is InChI=1S/C33H19N5S/c1-6-15-30-22(8-1)23-10-7-9-21(32(23)39-30)20-16-17-28-29(18-20)37-27-14-5-4-13-26(27)36-33(37)38(28)31-19-34-24-11-2-3-12-25(24)35-31/h1-19H. The second-order valence-corrected chi connectivity index (χ2v) is 10.8. The molecule has 0 bridgehead atoms. The molecule has 0 N–H and O–H groups in total. The van der Waals surface area contributed by atoms with Crippen molar-refractivity contribution in [1.82, 2.24) is 23.9 Å². The van der Waals surface area contributed by atoms with Gasteiger partial charge in [0.2, 0.25) is 5.78 Å². The van der Waals surface area contributed by atoms with Crippen molar-refractivity contribution in [2.75, 3.05) is 0 Å². The van der Waals surface area contributed by atoms with Crippen LogP contribution in [0.4, 0.5) is 0 Å². The Morgan fingerprint density at radius 2 is 1.38 bits per heavy atom. The zero-order chi connectivity index (χ0) is 25.5. The minimum absolute atomic E-state index is 0.753. The highest BCUT2D eigenvalue weighted by atomic mass is 32.1. The van der Waals surface area contributed by atoms with Crippen molar-refractivity contribution in [2.24, 2.45) is 0 Å². The Kier molecular flexibility index (Phi) is 4.14. The number of aromatic nitrogens is 5. The third-order valence-corrected chi connectivity index (χ3v) is 8.80. The molecule has 9 aromatic rings. The average Bonchev–Trinajstić information content (AvgIpc) is 3.65. The first-order valence-corrected chi connectivity index (χ1v) is 13.7. The molecule has 0 radical (unpaired) electrons. The highest BCUT2D eigenvalue weighted by Gasteiger charge is 2.20. The molecular weight excluding hydrogens is 498 g/mol. The third kappa shape index (κ3) is 2.92. The van der Waals surface area contributed by atoms with Crippen LogP contribution in [-0.4, -0.2) is 23.9 Å². The summed E-state index contributed by atoms with van der Waals surface area (Å²) >= 11 is 1.86. The van der Waals surface area contributed by atoms with Gasteiger partial charge < -0.3 is 0 Å². The quantitative estimate of drug-likeness (QED) is 0.231. The Bertz CT molecular complexity index is 2410. The highest BCUT2D eigenvalue weighted by Crippen LogP contribution is 2.41. The molecule has 9 rings (SSSR count). The normalized spacial score (nSPS) is 12.1. The number of hydrogen-bond acceptors (Lipinski definition) is 4. The maximum absolute atomic E-state index is 5.05. The van der Waals surface area contributed by atoms with Crippen molar-refractivity contribution in [2.45, 2.75) is 0 Å². The molecule has 0 aliphatic carbocycles. The fourth-order valence-corrected chi connectivity index (χ4v) is 7.06. The maximum Gasteiger partial charge on any atom is 0.221 e. The fraction of sp³-hybridized carbons (Fsp3) is 0. The van der Waals surface area contributed by atoms with Crippen molar-refractivity contribution in [3.8, 4) is 16.9 Å². The van der Waals surface area contributed by atoms with Gasteiger partial charge >= 0.3 is 0 Å². The molecule has 0 atom stereocenters. The van der Waals surface area contributed by atoms with Gasteiger partial charge in [0, 0.05) is 20.2 Å². The Morgan fingerprint density at radius 1 is 0.590 bits per heavy atom. The number of fused-ring (bicyclic) bond motifs is 9. The minimum Gasteiger partial charge on any atom is -0.276 e. The predicted molar refractivity (Wildman–Crippen MR) is 161 cm³/mol. The van der Waals surface area contributed by atoms with Crippen LogP contribution >= 0.6 is 11.3 Å². The number of nitrogens with zero attached hydrogens (tertiary/aromatic N) is 5. The number of para-hydroxylation sites is 4. The van der Waals surface area contributed by atoms with Gasteiger partial charge in [0.25, 0.3) is 0 Å². The monoisotopic (exact) mass is 517 g/mol. The van der Waals surface area contributed by atoms with Gasteiger partial charge in [0.1, 0.15) is 0 Å². The van der Waals surface area contributed by atoms with E-state index in [9.17, 15) is 0 Å². The summed E-state index contributed by atoms with van der Waals surface area (Å²) in [5.74, 6) is 1.58. The van der Waals surface area contributed by atoms with E-state index in [4.69, 9.17) is 15.0 Å². The highest BCUT2D eigenvalue weighted by molar-refractivity contribution is 7.26. The smallest absolute Gasteiger partial charge is 0.221 e. The molecule has 5 nitrogen and oxygen atoms in total. The molecule has 182 valence electrons. The summed E-state index contributed by atoms with van der Waals surface area (Å²) in [6, 6.07) is 38.2. The molecular formula is C33H19N5S. The van der Waals surface area contributed by atoms with Crippen LogP contribution in [0.25, 0.3) is 76.0 Å². The molecule has 4 heterocycles. The van der Waals surface area contributed by atoms with Crippen LogP contribution in [0.1, 0.15) is 0 Å². The van der Waals surface area contributed by atoms with Crippen LogP contribution in [0.5, 0.6) is 0 Å². The van der Waals surface area contributed by atoms with Gasteiger partial charge in [0.15, 0.2) is 5.82 Å². The van der Waals surface area contributed by atoms with Crippen LogP contribution < -0.4 is 0 Å². The van der Waals surface area contributed by atoms with Crippen molar-refractivity contribution in [3.63, 3.8) is 0 Å². The van der Waals surface area contributed by atoms with E-state index < -0.39 is 0 Å². The molecule has 0 aliphatic heterocycles. The van der Waals surface area contributed by atoms with Crippen LogP contribution in [-0.2, 0) is 0 Å². The number of hydrogen-bond donors (Lipinski definition) is 0. The molecule has 0 unspecified atom stereocenters. The summed E-state index contributed by atoms with van der Waals surface area (Å²) in [7, 11) is 0. The van der Waals surface area contributed by atoms with E-state index >= 15 is 0 Å². The maximum atomic E-state index is 5.05. The lowest BCUT2D eigenvalue weighted by molar-refractivity contribution is 1.04. The van der Waals surface area contributed by atoms with Crippen molar-refractivity contribution >= 4 is 70.4 Å². The zero-order valence-corrected chi connectivity index (χ0v) is 21.4. The topological polar surface area (TPSA) is 48.0 Å². The van der Waals surface area contributed by atoms with E-state index in [1.165, 1.54) is 31.3 Å². The Hall–Kier alpha value is -5.07. The summed E-state index contributed by atoms with van der Waals surface area (Å²) < 4.78 is 6.99. The van der Waals surface area contributed by atoms with Gasteiger partial charge in [0.05, 0.1) is 39.3 Å². The van der Waals surface area contributed by atoms with E-state index in [-0.39, 0.29) is 0 Å². The lowest BCUT2D eigenvalue weighted by atomic mass is 10.0. The summed E-state index contributed by atoms with van der Waals surface area (Å²) in [6.07, 6.45) is 1.84. The van der Waals surface area contributed by atoms with Gasteiger partial charge in [-0.15, -0.1) is 11.3 Å². The SMILES string of the molecule is c1ccc2nc(-n3c4ccc(-c5cccc6c5sc5ccccc56)cc4n4c5ccccc5nc34)cnc2c1. The van der Waals surface area contributed by atoms with Crippen LogP contribution in [0.3, 0.4) is 0 Å². The van der Waals surface area contributed by atoms with Gasteiger partial charge in [-0.25, -0.2) is 9.97 Å². The zero-order valence-electron chi connectivity index (χ0n) is 20.6. The first-order chi connectivity index (χ1) is 19.3. The van der Waals surface area contributed by atoms with Crippen molar-refractivity contribution < 1.29 is 0 Å². The molecule has 0 saturated carbocycles. The van der Waals surface area contributed by atoms with E-state index in [1.54, 1.807) is 0 Å². The Balaban J connectivity index is 1.37. The first kappa shape index (κ1) is 20.9. The second kappa shape index (κ2) is 7.72. The summed E-state index contributed by atoms with van der Waals surface area (Å²) in [6.45, 7) is 0. The largest absolute Gasteiger partial charge is 0.276 e. The lowest BCUT2D eigenvalue weighted by Gasteiger charge is -2.07. The van der Waals surface area contributed by atoms with Gasteiger partial charge in [-0.2, -0.15) is 0 Å². The third-order valence-electron chi connectivity index (χ3n) is 7.58. The molecule has 5 aromatic carbocycles. The lowest BCUT2D eigenvalue weighted by Crippen LogP contribution is -2.00. The number of thiophene rings is 1. The van der Waals surface area contributed by atoms with Gasteiger partial charge in [-0.3, -0.25) is 14.0 Å². The van der Waals surface area contributed by atoms with E-state index in [1.807, 2.05) is 47.9 Å². The summed E-state index contributed by atoms with van der Waals surface area (Å²) in [5, 5.41) is 2.61. The average molecular weight is 518 g/mol. The molecule has 39 heavy (non-hydrogen) atoms.